The number of sulfonamides is 1. The third kappa shape index (κ3) is 5.55. The van der Waals surface area contributed by atoms with E-state index in [-0.39, 0.29) is 16.8 Å². The zero-order chi connectivity index (χ0) is 20.0. The number of nitrogens with one attached hydrogen (secondary N) is 2. The number of fused-ring (bicyclic) bond motifs is 1. The number of carbonyl (C=O) groups excluding carboxylic acids is 1. The number of amides is 1. The zero-order valence-corrected chi connectivity index (χ0v) is 17.7. The van der Waals surface area contributed by atoms with Gasteiger partial charge in [0.2, 0.25) is 15.9 Å². The first-order valence-electron chi connectivity index (χ1n) is 9.71. The van der Waals surface area contributed by atoms with E-state index in [4.69, 9.17) is 9.47 Å². The number of ether oxygens (including phenoxy) is 2. The lowest BCUT2D eigenvalue weighted by molar-refractivity contribution is -0.123. The molecule has 1 atom stereocenters. The van der Waals surface area contributed by atoms with Crippen LogP contribution >= 0.6 is 11.8 Å². The van der Waals surface area contributed by atoms with E-state index < -0.39 is 16.1 Å². The van der Waals surface area contributed by atoms with Gasteiger partial charge in [-0.25, -0.2) is 8.42 Å². The molecule has 7 nitrogen and oxygen atoms in total. The summed E-state index contributed by atoms with van der Waals surface area (Å²) in [6.07, 6.45) is 7.67. The largest absolute Gasteiger partial charge is 0.486 e. The fraction of sp³-hybridized carbons (Fsp3) is 0.632. The van der Waals surface area contributed by atoms with Crippen molar-refractivity contribution in [2.45, 2.75) is 55.5 Å². The monoisotopic (exact) mass is 428 g/mol. The van der Waals surface area contributed by atoms with Crippen LogP contribution < -0.4 is 19.5 Å². The van der Waals surface area contributed by atoms with E-state index >= 15 is 0 Å². The SMILES string of the molecule is CSCC[C@@H](NS(=O)(=O)c1ccc2c(c1)OCCO2)C(=O)NC1CCCCC1. The van der Waals surface area contributed by atoms with Crippen molar-refractivity contribution >= 4 is 27.7 Å². The van der Waals surface area contributed by atoms with Crippen LogP contribution in [0.5, 0.6) is 11.5 Å². The maximum atomic E-state index is 12.9. The summed E-state index contributed by atoms with van der Waals surface area (Å²) in [7, 11) is -3.86. The number of thioether (sulfide) groups is 1. The van der Waals surface area contributed by atoms with Crippen molar-refractivity contribution < 1.29 is 22.7 Å². The van der Waals surface area contributed by atoms with E-state index in [0.717, 1.165) is 25.7 Å². The van der Waals surface area contributed by atoms with Gasteiger partial charge in [-0.3, -0.25) is 4.79 Å². The van der Waals surface area contributed by atoms with Crippen LogP contribution in [0, 0.1) is 0 Å². The van der Waals surface area contributed by atoms with Gasteiger partial charge in [0, 0.05) is 12.1 Å². The summed E-state index contributed by atoms with van der Waals surface area (Å²) in [6, 6.07) is 3.84. The molecule has 0 aromatic heterocycles. The third-order valence-corrected chi connectivity index (χ3v) is 7.11. The molecule has 9 heteroatoms. The van der Waals surface area contributed by atoms with Crippen molar-refractivity contribution in [1.82, 2.24) is 10.0 Å². The van der Waals surface area contributed by atoms with Gasteiger partial charge in [0.1, 0.15) is 19.3 Å². The van der Waals surface area contributed by atoms with E-state index in [2.05, 4.69) is 10.0 Å². The summed E-state index contributed by atoms with van der Waals surface area (Å²) >= 11 is 1.58. The summed E-state index contributed by atoms with van der Waals surface area (Å²) < 4.78 is 39.3. The van der Waals surface area contributed by atoms with Crippen LogP contribution in [0.4, 0.5) is 0 Å². The predicted molar refractivity (Wildman–Crippen MR) is 110 cm³/mol. The Hall–Kier alpha value is -1.45. The molecule has 1 aliphatic carbocycles. The molecule has 3 rings (SSSR count). The minimum absolute atomic E-state index is 0.0661. The van der Waals surface area contributed by atoms with Crippen LogP contribution in [0.2, 0.25) is 0 Å². The number of hydrogen-bond donors (Lipinski definition) is 2. The van der Waals surface area contributed by atoms with Gasteiger partial charge in [0.15, 0.2) is 11.5 Å². The lowest BCUT2D eigenvalue weighted by Gasteiger charge is -2.26. The molecule has 1 heterocycles. The summed E-state index contributed by atoms with van der Waals surface area (Å²) in [5.74, 6) is 1.37. The number of benzene rings is 1. The summed E-state index contributed by atoms with van der Waals surface area (Å²) in [4.78, 5) is 12.8. The Morgan fingerprint density at radius 3 is 2.61 bits per heavy atom. The molecule has 156 valence electrons. The van der Waals surface area contributed by atoms with Crippen molar-refractivity contribution in [2.24, 2.45) is 0 Å². The number of rotatable bonds is 8. The molecular formula is C19H28N2O5S2. The van der Waals surface area contributed by atoms with Crippen molar-refractivity contribution in [3.8, 4) is 11.5 Å². The first-order chi connectivity index (χ1) is 13.5. The van der Waals surface area contributed by atoms with Crippen molar-refractivity contribution in [3.05, 3.63) is 18.2 Å². The topological polar surface area (TPSA) is 93.7 Å². The van der Waals surface area contributed by atoms with Crippen LogP contribution in [0.15, 0.2) is 23.1 Å². The Kier molecular flexibility index (Phi) is 7.48. The highest BCUT2D eigenvalue weighted by Crippen LogP contribution is 2.32. The van der Waals surface area contributed by atoms with Crippen LogP contribution in [-0.4, -0.2) is 51.6 Å². The second-order valence-electron chi connectivity index (χ2n) is 7.10. The number of carbonyl (C=O) groups is 1. The lowest BCUT2D eigenvalue weighted by atomic mass is 9.95. The van der Waals surface area contributed by atoms with E-state index in [0.29, 0.717) is 36.9 Å². The Balaban J connectivity index is 1.72. The first kappa shape index (κ1) is 21.3. The maximum Gasteiger partial charge on any atom is 0.241 e. The van der Waals surface area contributed by atoms with Gasteiger partial charge in [-0.2, -0.15) is 16.5 Å². The molecule has 2 aliphatic rings. The molecule has 0 unspecified atom stereocenters. The molecule has 1 aromatic carbocycles. The molecule has 0 bridgehead atoms. The van der Waals surface area contributed by atoms with Gasteiger partial charge in [-0.1, -0.05) is 19.3 Å². The highest BCUT2D eigenvalue weighted by atomic mass is 32.2. The minimum atomic E-state index is -3.86. The molecule has 1 aromatic rings. The first-order valence-corrected chi connectivity index (χ1v) is 12.6. The van der Waals surface area contributed by atoms with Gasteiger partial charge in [-0.15, -0.1) is 0 Å². The maximum absolute atomic E-state index is 12.9. The van der Waals surface area contributed by atoms with Gasteiger partial charge in [-0.05, 0) is 43.4 Å². The van der Waals surface area contributed by atoms with Crippen LogP contribution in [-0.2, 0) is 14.8 Å². The fourth-order valence-corrected chi connectivity index (χ4v) is 5.19. The van der Waals surface area contributed by atoms with Gasteiger partial charge in [0.05, 0.1) is 4.90 Å². The Morgan fingerprint density at radius 2 is 1.89 bits per heavy atom. The van der Waals surface area contributed by atoms with E-state index in [1.165, 1.54) is 18.6 Å². The summed E-state index contributed by atoms with van der Waals surface area (Å²) in [5.41, 5.74) is 0. The standard InChI is InChI=1S/C19H28N2O5S2/c1-27-12-9-16(19(22)20-14-5-3-2-4-6-14)21-28(23,24)15-7-8-17-18(13-15)26-11-10-25-17/h7-8,13-14,16,21H,2-6,9-12H2,1H3,(H,20,22)/t16-/m1/s1. The van der Waals surface area contributed by atoms with Gasteiger partial charge in [0.25, 0.3) is 0 Å². The zero-order valence-electron chi connectivity index (χ0n) is 16.1. The molecule has 0 spiro atoms. The van der Waals surface area contributed by atoms with Crippen LogP contribution in [0.3, 0.4) is 0 Å². The molecule has 1 amide bonds. The van der Waals surface area contributed by atoms with E-state index in [9.17, 15) is 13.2 Å². The van der Waals surface area contributed by atoms with Crippen LogP contribution in [0.25, 0.3) is 0 Å². The summed E-state index contributed by atoms with van der Waals surface area (Å²) in [5, 5.41) is 3.03. The van der Waals surface area contributed by atoms with Gasteiger partial charge < -0.3 is 14.8 Å². The average molecular weight is 429 g/mol. The quantitative estimate of drug-likeness (QED) is 0.660. The Labute approximate surface area is 171 Å². The van der Waals surface area contributed by atoms with E-state index in [1.807, 2.05) is 6.26 Å². The summed E-state index contributed by atoms with van der Waals surface area (Å²) in [6.45, 7) is 0.819. The molecule has 1 fully saturated rings. The highest BCUT2D eigenvalue weighted by Gasteiger charge is 2.28. The third-order valence-electron chi connectivity index (χ3n) is 5.00. The Bertz CT molecular complexity index is 779. The second kappa shape index (κ2) is 9.84. The van der Waals surface area contributed by atoms with Crippen molar-refractivity contribution in [2.75, 3.05) is 25.2 Å². The highest BCUT2D eigenvalue weighted by molar-refractivity contribution is 7.98. The normalized spacial score (nSPS) is 18.5. The molecule has 0 saturated heterocycles. The minimum Gasteiger partial charge on any atom is -0.486 e. The van der Waals surface area contributed by atoms with Gasteiger partial charge >= 0.3 is 0 Å². The Morgan fingerprint density at radius 1 is 1.18 bits per heavy atom. The van der Waals surface area contributed by atoms with E-state index in [1.54, 1.807) is 17.8 Å². The molecule has 0 radical (unpaired) electrons. The fourth-order valence-electron chi connectivity index (χ4n) is 3.47. The molecule has 28 heavy (non-hydrogen) atoms. The molecule has 2 N–H and O–H groups in total. The lowest BCUT2D eigenvalue weighted by Crippen LogP contribution is -2.50. The predicted octanol–water partition coefficient (Wildman–Crippen LogP) is 2.31. The smallest absolute Gasteiger partial charge is 0.241 e. The molecule has 1 saturated carbocycles. The number of hydrogen-bond acceptors (Lipinski definition) is 6. The van der Waals surface area contributed by atoms with Crippen LogP contribution in [0.1, 0.15) is 38.5 Å². The molecular weight excluding hydrogens is 400 g/mol. The van der Waals surface area contributed by atoms with Crippen molar-refractivity contribution in [3.63, 3.8) is 0 Å². The van der Waals surface area contributed by atoms with Crippen molar-refractivity contribution in [1.29, 1.82) is 0 Å². The molecule has 1 aliphatic heterocycles. The average Bonchev–Trinajstić information content (AvgIpc) is 2.71. The second-order valence-corrected chi connectivity index (χ2v) is 9.80.